The summed E-state index contributed by atoms with van der Waals surface area (Å²) in [6, 6.07) is 7.91. The maximum absolute atomic E-state index is 11.0. The number of hydrogen-bond donors (Lipinski definition) is 1. The molecular formula is C15H18N2O2. The molecule has 0 saturated heterocycles. The highest BCUT2D eigenvalue weighted by molar-refractivity contribution is 5.87. The lowest BCUT2D eigenvalue weighted by molar-refractivity contribution is 0.0689. The van der Waals surface area contributed by atoms with Gasteiger partial charge in [-0.25, -0.2) is 4.79 Å². The molecule has 2 aromatic rings. The molecule has 0 bridgehead atoms. The lowest BCUT2D eigenvalue weighted by Gasteiger charge is -2.11. The van der Waals surface area contributed by atoms with Gasteiger partial charge in [-0.3, -0.25) is 4.68 Å². The first-order chi connectivity index (χ1) is 8.90. The second-order valence-corrected chi connectivity index (χ2v) is 5.07. The second-order valence-electron chi connectivity index (χ2n) is 5.07. The lowest BCUT2D eigenvalue weighted by Crippen LogP contribution is -1.99. The monoisotopic (exact) mass is 258 g/mol. The maximum Gasteiger partial charge on any atom is 0.356 e. The molecule has 1 heterocycles. The van der Waals surface area contributed by atoms with Crippen LogP contribution in [0.1, 0.15) is 41.4 Å². The van der Waals surface area contributed by atoms with Crippen LogP contribution >= 0.6 is 0 Å². The molecule has 0 fully saturated rings. The summed E-state index contributed by atoms with van der Waals surface area (Å²) in [5.41, 5.74) is 4.29. The summed E-state index contributed by atoms with van der Waals surface area (Å²) < 4.78 is 1.62. The van der Waals surface area contributed by atoms with Crippen LogP contribution in [0.25, 0.3) is 11.3 Å². The third-order valence-corrected chi connectivity index (χ3v) is 3.30. The van der Waals surface area contributed by atoms with E-state index in [0.717, 1.165) is 16.8 Å². The van der Waals surface area contributed by atoms with Crippen molar-refractivity contribution in [3.63, 3.8) is 0 Å². The fraction of sp³-hybridized carbons (Fsp3) is 0.333. The number of hydrogen-bond acceptors (Lipinski definition) is 2. The highest BCUT2D eigenvalue weighted by Gasteiger charge is 2.14. The van der Waals surface area contributed by atoms with E-state index in [1.165, 1.54) is 5.56 Å². The topological polar surface area (TPSA) is 55.1 Å². The molecule has 0 aliphatic carbocycles. The molecule has 0 aliphatic heterocycles. The van der Waals surface area contributed by atoms with E-state index in [2.05, 4.69) is 37.1 Å². The number of carboxylic acid groups (broad SMARTS) is 1. The highest BCUT2D eigenvalue weighted by atomic mass is 16.4. The predicted octanol–water partition coefficient (Wildman–Crippen LogP) is 3.22. The number of rotatable bonds is 3. The zero-order chi connectivity index (χ0) is 14.2. The average molecular weight is 258 g/mol. The standard InChI is InChI=1S/C15H18N2O2/c1-9(2)11-6-5-10(3)12(7-11)14-8-13(15(18)19)16-17(14)4/h5-9H,1-4H3,(H,18,19). The van der Waals surface area contributed by atoms with E-state index < -0.39 is 5.97 Å². The smallest absolute Gasteiger partial charge is 0.356 e. The summed E-state index contributed by atoms with van der Waals surface area (Å²) in [6.45, 7) is 6.30. The van der Waals surface area contributed by atoms with Crippen molar-refractivity contribution in [3.05, 3.63) is 41.1 Å². The Morgan fingerprint density at radius 3 is 2.53 bits per heavy atom. The van der Waals surface area contributed by atoms with Gasteiger partial charge in [-0.05, 0) is 36.1 Å². The first-order valence-corrected chi connectivity index (χ1v) is 6.28. The second kappa shape index (κ2) is 4.88. The molecule has 2 rings (SSSR count). The van der Waals surface area contributed by atoms with Crippen molar-refractivity contribution < 1.29 is 9.90 Å². The molecule has 4 heteroatoms. The fourth-order valence-electron chi connectivity index (χ4n) is 2.10. The minimum Gasteiger partial charge on any atom is -0.476 e. The van der Waals surface area contributed by atoms with Crippen LogP contribution in [0.3, 0.4) is 0 Å². The van der Waals surface area contributed by atoms with E-state index in [-0.39, 0.29) is 5.69 Å². The number of aromatic carboxylic acids is 1. The van der Waals surface area contributed by atoms with Crippen LogP contribution in [0.15, 0.2) is 24.3 Å². The Hall–Kier alpha value is -2.10. The third-order valence-electron chi connectivity index (χ3n) is 3.30. The third kappa shape index (κ3) is 2.52. The number of aromatic nitrogens is 2. The zero-order valence-electron chi connectivity index (χ0n) is 11.6. The summed E-state index contributed by atoms with van der Waals surface area (Å²) in [5, 5.41) is 13.0. The minimum atomic E-state index is -1.00. The van der Waals surface area contributed by atoms with Crippen molar-refractivity contribution in [1.29, 1.82) is 0 Å². The predicted molar refractivity (Wildman–Crippen MR) is 74.4 cm³/mol. The van der Waals surface area contributed by atoms with E-state index in [4.69, 9.17) is 5.11 Å². The summed E-state index contributed by atoms with van der Waals surface area (Å²) >= 11 is 0. The van der Waals surface area contributed by atoms with Crippen molar-refractivity contribution in [2.75, 3.05) is 0 Å². The number of benzene rings is 1. The van der Waals surface area contributed by atoms with E-state index >= 15 is 0 Å². The van der Waals surface area contributed by atoms with E-state index in [1.54, 1.807) is 17.8 Å². The molecular weight excluding hydrogens is 240 g/mol. The van der Waals surface area contributed by atoms with Gasteiger partial charge in [0.2, 0.25) is 0 Å². The number of aryl methyl sites for hydroxylation is 2. The quantitative estimate of drug-likeness (QED) is 0.919. The van der Waals surface area contributed by atoms with E-state index in [9.17, 15) is 4.79 Å². The molecule has 0 amide bonds. The summed E-state index contributed by atoms with van der Waals surface area (Å²) in [5.74, 6) is -0.564. The zero-order valence-corrected chi connectivity index (χ0v) is 11.6. The lowest BCUT2D eigenvalue weighted by atomic mass is 9.96. The first-order valence-electron chi connectivity index (χ1n) is 6.28. The van der Waals surface area contributed by atoms with Crippen molar-refractivity contribution >= 4 is 5.97 Å². The Labute approximate surface area is 112 Å². The van der Waals surface area contributed by atoms with Gasteiger partial charge in [0, 0.05) is 12.6 Å². The molecule has 0 atom stereocenters. The molecule has 19 heavy (non-hydrogen) atoms. The Kier molecular flexibility index (Phi) is 3.42. The van der Waals surface area contributed by atoms with Crippen LogP contribution in [-0.2, 0) is 7.05 Å². The van der Waals surface area contributed by atoms with Crippen LogP contribution in [0.5, 0.6) is 0 Å². The van der Waals surface area contributed by atoms with E-state index in [1.807, 2.05) is 6.92 Å². The molecule has 1 aromatic carbocycles. The molecule has 1 aromatic heterocycles. The first kappa shape index (κ1) is 13.3. The molecule has 0 spiro atoms. The van der Waals surface area contributed by atoms with Crippen LogP contribution < -0.4 is 0 Å². The Morgan fingerprint density at radius 1 is 1.32 bits per heavy atom. The normalized spacial score (nSPS) is 11.0. The van der Waals surface area contributed by atoms with Gasteiger partial charge in [0.25, 0.3) is 0 Å². The van der Waals surface area contributed by atoms with Crippen molar-refractivity contribution in [3.8, 4) is 11.3 Å². The van der Waals surface area contributed by atoms with Gasteiger partial charge in [0.05, 0.1) is 5.69 Å². The Morgan fingerprint density at radius 2 is 2.00 bits per heavy atom. The summed E-state index contributed by atoms with van der Waals surface area (Å²) in [6.07, 6.45) is 0. The summed E-state index contributed by atoms with van der Waals surface area (Å²) in [4.78, 5) is 11.0. The van der Waals surface area contributed by atoms with Gasteiger partial charge < -0.3 is 5.11 Å². The van der Waals surface area contributed by atoms with Crippen molar-refractivity contribution in [2.45, 2.75) is 26.7 Å². The van der Waals surface area contributed by atoms with Gasteiger partial charge >= 0.3 is 5.97 Å². The fourth-order valence-corrected chi connectivity index (χ4v) is 2.10. The molecule has 0 aliphatic rings. The highest BCUT2D eigenvalue weighted by Crippen LogP contribution is 2.27. The van der Waals surface area contributed by atoms with E-state index in [0.29, 0.717) is 5.92 Å². The SMILES string of the molecule is Cc1ccc(C(C)C)cc1-c1cc(C(=O)O)nn1C. The molecule has 0 unspecified atom stereocenters. The molecule has 4 nitrogen and oxygen atoms in total. The minimum absolute atomic E-state index is 0.0758. The van der Waals surface area contributed by atoms with Gasteiger partial charge in [-0.15, -0.1) is 0 Å². The van der Waals surface area contributed by atoms with Crippen molar-refractivity contribution in [1.82, 2.24) is 9.78 Å². The van der Waals surface area contributed by atoms with Gasteiger partial charge in [-0.2, -0.15) is 5.10 Å². The molecule has 0 saturated carbocycles. The molecule has 100 valence electrons. The Bertz CT molecular complexity index is 627. The van der Waals surface area contributed by atoms with Crippen LogP contribution in [-0.4, -0.2) is 20.9 Å². The van der Waals surface area contributed by atoms with Crippen molar-refractivity contribution in [2.24, 2.45) is 7.05 Å². The van der Waals surface area contributed by atoms with Crippen LogP contribution in [0, 0.1) is 6.92 Å². The van der Waals surface area contributed by atoms with Gasteiger partial charge in [-0.1, -0.05) is 26.0 Å². The number of carbonyl (C=O) groups is 1. The summed E-state index contributed by atoms with van der Waals surface area (Å²) in [7, 11) is 1.77. The number of nitrogens with zero attached hydrogens (tertiary/aromatic N) is 2. The van der Waals surface area contributed by atoms with Gasteiger partial charge in [0.15, 0.2) is 5.69 Å². The van der Waals surface area contributed by atoms with Gasteiger partial charge in [0.1, 0.15) is 0 Å². The Balaban J connectivity index is 2.57. The largest absolute Gasteiger partial charge is 0.476 e. The maximum atomic E-state index is 11.0. The molecule has 0 radical (unpaired) electrons. The number of carboxylic acids is 1. The average Bonchev–Trinajstić information content (AvgIpc) is 2.72. The van der Waals surface area contributed by atoms with Crippen LogP contribution in [0.4, 0.5) is 0 Å². The molecule has 1 N–H and O–H groups in total. The van der Waals surface area contributed by atoms with Crippen LogP contribution in [0.2, 0.25) is 0 Å².